The van der Waals surface area contributed by atoms with E-state index >= 15 is 0 Å². The first-order chi connectivity index (χ1) is 12.2. The number of likely N-dealkylation sites (tertiary alicyclic amines) is 1. The van der Waals surface area contributed by atoms with Crippen molar-refractivity contribution in [1.82, 2.24) is 20.0 Å². The molecule has 2 aromatic heterocycles. The van der Waals surface area contributed by atoms with Gasteiger partial charge >= 0.3 is 0 Å². The van der Waals surface area contributed by atoms with Crippen molar-refractivity contribution < 1.29 is 9.32 Å². The smallest absolute Gasteiger partial charge is 0.232 e. The van der Waals surface area contributed by atoms with Crippen LogP contribution < -0.4 is 0 Å². The van der Waals surface area contributed by atoms with Crippen LogP contribution >= 0.6 is 11.6 Å². The number of carbonyl (C=O) groups is 1. The van der Waals surface area contributed by atoms with Gasteiger partial charge in [0.25, 0.3) is 0 Å². The number of hydrogen-bond donors (Lipinski definition) is 0. The molecule has 3 heterocycles. The number of halogens is 1. The summed E-state index contributed by atoms with van der Waals surface area (Å²) in [7, 11) is 0. The van der Waals surface area contributed by atoms with Crippen molar-refractivity contribution >= 4 is 17.5 Å². The highest BCUT2D eigenvalue weighted by Crippen LogP contribution is 2.29. The predicted molar refractivity (Wildman–Crippen MR) is 91.8 cm³/mol. The van der Waals surface area contributed by atoms with Gasteiger partial charge in [-0.2, -0.15) is 4.98 Å². The van der Waals surface area contributed by atoms with Crippen molar-refractivity contribution in [2.75, 3.05) is 6.54 Å². The number of nitrogens with zero attached hydrogens (tertiary/aromatic N) is 4. The number of benzene rings is 1. The molecule has 3 aromatic rings. The minimum Gasteiger partial charge on any atom is -0.339 e. The first-order valence-corrected chi connectivity index (χ1v) is 8.34. The summed E-state index contributed by atoms with van der Waals surface area (Å²) in [4.78, 5) is 22.7. The summed E-state index contributed by atoms with van der Waals surface area (Å²) in [5, 5.41) is 4.66. The third-order valence-corrected chi connectivity index (χ3v) is 4.44. The standard InChI is InChI=1S/C18H15ClN4O2/c19-14-6-4-12(5-7-14)10-23-11-13(9-16(23)24)18-21-17(22-25-18)15-3-1-2-8-20-15/h1-8,13H,9-11H2. The number of rotatable bonds is 4. The number of carbonyl (C=O) groups excluding carboxylic acids is 1. The van der Waals surface area contributed by atoms with Gasteiger partial charge in [-0.25, -0.2) is 0 Å². The zero-order valence-electron chi connectivity index (χ0n) is 13.3. The van der Waals surface area contributed by atoms with Gasteiger partial charge in [0.2, 0.25) is 17.6 Å². The van der Waals surface area contributed by atoms with Gasteiger partial charge < -0.3 is 9.42 Å². The lowest BCUT2D eigenvalue weighted by Gasteiger charge is -2.16. The molecule has 6 nitrogen and oxygen atoms in total. The summed E-state index contributed by atoms with van der Waals surface area (Å²) >= 11 is 5.90. The molecule has 1 amide bonds. The molecule has 1 aromatic carbocycles. The predicted octanol–water partition coefficient (Wildman–Crippen LogP) is 3.30. The van der Waals surface area contributed by atoms with E-state index in [0.717, 1.165) is 5.56 Å². The van der Waals surface area contributed by atoms with Gasteiger partial charge in [0.1, 0.15) is 5.69 Å². The Hall–Kier alpha value is -2.73. The summed E-state index contributed by atoms with van der Waals surface area (Å²) in [6.45, 7) is 1.11. The molecule has 0 N–H and O–H groups in total. The quantitative estimate of drug-likeness (QED) is 0.718. The van der Waals surface area contributed by atoms with Crippen molar-refractivity contribution in [3.8, 4) is 11.5 Å². The molecule has 1 aliphatic heterocycles. The second kappa shape index (κ2) is 6.64. The lowest BCUT2D eigenvalue weighted by atomic mass is 10.1. The summed E-state index contributed by atoms with van der Waals surface area (Å²) in [5.41, 5.74) is 1.69. The van der Waals surface area contributed by atoms with E-state index in [4.69, 9.17) is 16.1 Å². The average molecular weight is 355 g/mol. The number of hydrogen-bond acceptors (Lipinski definition) is 5. The van der Waals surface area contributed by atoms with Gasteiger partial charge in [0.15, 0.2) is 0 Å². The monoisotopic (exact) mass is 354 g/mol. The Kier molecular flexibility index (Phi) is 4.19. The lowest BCUT2D eigenvalue weighted by Crippen LogP contribution is -2.24. The molecule has 4 rings (SSSR count). The van der Waals surface area contributed by atoms with E-state index in [1.165, 1.54) is 0 Å². The molecule has 0 saturated carbocycles. The van der Waals surface area contributed by atoms with E-state index in [1.807, 2.05) is 42.5 Å². The Morgan fingerprint density at radius 1 is 1.20 bits per heavy atom. The summed E-state index contributed by atoms with van der Waals surface area (Å²) in [5.74, 6) is 0.911. The van der Waals surface area contributed by atoms with Gasteiger partial charge in [-0.15, -0.1) is 0 Å². The normalized spacial score (nSPS) is 17.2. The van der Waals surface area contributed by atoms with E-state index < -0.39 is 0 Å². The molecule has 7 heteroatoms. The largest absolute Gasteiger partial charge is 0.339 e. The molecular formula is C18H15ClN4O2. The van der Waals surface area contributed by atoms with E-state index in [1.54, 1.807) is 11.1 Å². The maximum absolute atomic E-state index is 12.3. The van der Waals surface area contributed by atoms with Gasteiger partial charge in [-0.05, 0) is 29.8 Å². The second-order valence-corrected chi connectivity index (χ2v) is 6.41. The van der Waals surface area contributed by atoms with E-state index in [9.17, 15) is 4.79 Å². The third kappa shape index (κ3) is 3.39. The van der Waals surface area contributed by atoms with Crippen LogP contribution in [-0.4, -0.2) is 32.5 Å². The zero-order chi connectivity index (χ0) is 17.2. The van der Waals surface area contributed by atoms with Crippen LogP contribution in [0.5, 0.6) is 0 Å². The lowest BCUT2D eigenvalue weighted by molar-refractivity contribution is -0.128. The highest BCUT2D eigenvalue weighted by Gasteiger charge is 2.34. The van der Waals surface area contributed by atoms with Gasteiger partial charge in [0, 0.05) is 30.7 Å². The molecule has 1 aliphatic rings. The molecular weight excluding hydrogens is 340 g/mol. The van der Waals surface area contributed by atoms with Crippen LogP contribution in [0, 0.1) is 0 Å². The fourth-order valence-electron chi connectivity index (χ4n) is 2.90. The second-order valence-electron chi connectivity index (χ2n) is 5.97. The summed E-state index contributed by atoms with van der Waals surface area (Å²) in [6.07, 6.45) is 2.05. The minimum atomic E-state index is -0.0928. The molecule has 0 spiro atoms. The average Bonchev–Trinajstić information content (AvgIpc) is 3.25. The van der Waals surface area contributed by atoms with Crippen molar-refractivity contribution in [2.45, 2.75) is 18.9 Å². The molecule has 126 valence electrons. The van der Waals surface area contributed by atoms with E-state index in [0.29, 0.717) is 41.9 Å². The van der Waals surface area contributed by atoms with Crippen LogP contribution in [0.1, 0.15) is 23.8 Å². The molecule has 25 heavy (non-hydrogen) atoms. The van der Waals surface area contributed by atoms with Gasteiger partial charge in [0.05, 0.1) is 5.92 Å². The molecule has 0 aliphatic carbocycles. The Morgan fingerprint density at radius 3 is 2.80 bits per heavy atom. The van der Waals surface area contributed by atoms with Crippen LogP contribution in [0.25, 0.3) is 11.5 Å². The highest BCUT2D eigenvalue weighted by atomic mass is 35.5. The molecule has 0 radical (unpaired) electrons. The van der Waals surface area contributed by atoms with E-state index in [2.05, 4.69) is 15.1 Å². The first kappa shape index (κ1) is 15.8. The summed E-state index contributed by atoms with van der Waals surface area (Å²) in [6, 6.07) is 13.0. The Bertz CT molecular complexity index is 880. The first-order valence-electron chi connectivity index (χ1n) is 7.96. The molecule has 1 saturated heterocycles. The SMILES string of the molecule is O=C1CC(c2nc(-c3ccccn3)no2)CN1Cc1ccc(Cl)cc1. The van der Waals surface area contributed by atoms with Gasteiger partial charge in [-0.1, -0.05) is 35.0 Å². The fourth-order valence-corrected chi connectivity index (χ4v) is 3.03. The number of pyridine rings is 1. The highest BCUT2D eigenvalue weighted by molar-refractivity contribution is 6.30. The molecule has 0 bridgehead atoms. The number of aromatic nitrogens is 3. The molecule has 1 unspecified atom stereocenters. The fraction of sp³-hybridized carbons (Fsp3) is 0.222. The van der Waals surface area contributed by atoms with Crippen LogP contribution in [0.2, 0.25) is 5.02 Å². The summed E-state index contributed by atoms with van der Waals surface area (Å²) < 4.78 is 5.37. The van der Waals surface area contributed by atoms with Crippen molar-refractivity contribution in [2.24, 2.45) is 0 Å². The minimum absolute atomic E-state index is 0.0811. The van der Waals surface area contributed by atoms with Crippen LogP contribution in [0.4, 0.5) is 0 Å². The van der Waals surface area contributed by atoms with E-state index in [-0.39, 0.29) is 11.8 Å². The van der Waals surface area contributed by atoms with Gasteiger partial charge in [-0.3, -0.25) is 9.78 Å². The van der Waals surface area contributed by atoms with Crippen molar-refractivity contribution in [3.05, 3.63) is 65.1 Å². The topological polar surface area (TPSA) is 72.1 Å². The molecule has 1 atom stereocenters. The Labute approximate surface area is 149 Å². The van der Waals surface area contributed by atoms with Crippen LogP contribution in [-0.2, 0) is 11.3 Å². The third-order valence-electron chi connectivity index (χ3n) is 4.19. The van der Waals surface area contributed by atoms with Crippen molar-refractivity contribution in [3.63, 3.8) is 0 Å². The van der Waals surface area contributed by atoms with Crippen LogP contribution in [0.3, 0.4) is 0 Å². The zero-order valence-corrected chi connectivity index (χ0v) is 14.1. The Balaban J connectivity index is 1.47. The number of amides is 1. The molecule has 1 fully saturated rings. The maximum Gasteiger partial charge on any atom is 0.232 e. The van der Waals surface area contributed by atoms with Crippen molar-refractivity contribution in [1.29, 1.82) is 0 Å². The Morgan fingerprint density at radius 2 is 2.04 bits per heavy atom. The van der Waals surface area contributed by atoms with Crippen LogP contribution in [0.15, 0.2) is 53.2 Å². The maximum atomic E-state index is 12.3.